The highest BCUT2D eigenvalue weighted by atomic mass is 32.2. The van der Waals surface area contributed by atoms with Gasteiger partial charge in [0, 0.05) is 29.5 Å². The first-order chi connectivity index (χ1) is 15.3. The number of nitrogens with one attached hydrogen (secondary N) is 1. The molecule has 9 heteroatoms. The summed E-state index contributed by atoms with van der Waals surface area (Å²) in [6.45, 7) is 2.54. The third-order valence-electron chi connectivity index (χ3n) is 5.78. The number of thioether (sulfide) groups is 1. The number of nitrogens with zero attached hydrogens (tertiary/aromatic N) is 1. The number of benzene rings is 2. The Bertz CT molecular complexity index is 1030. The molecule has 3 rings (SSSR count). The SMILES string of the molecule is COc1ccc(OC)c(C(C)NC(=O)C2CCN(S(=O)(=O)c3ccc(SC)cc3)CC2)c1. The van der Waals surface area contributed by atoms with Crippen LogP contribution in [0.15, 0.2) is 52.3 Å². The van der Waals surface area contributed by atoms with Gasteiger partial charge in [-0.1, -0.05) is 0 Å². The number of methoxy groups -OCH3 is 2. The number of amides is 1. The van der Waals surface area contributed by atoms with Crippen molar-refractivity contribution in [2.75, 3.05) is 33.6 Å². The molecule has 0 spiro atoms. The zero-order valence-corrected chi connectivity index (χ0v) is 20.5. The Morgan fingerprint density at radius 1 is 1.09 bits per heavy atom. The summed E-state index contributed by atoms with van der Waals surface area (Å²) >= 11 is 1.57. The van der Waals surface area contributed by atoms with Crippen LogP contribution in [0.5, 0.6) is 11.5 Å². The van der Waals surface area contributed by atoms with Crippen LogP contribution in [0.25, 0.3) is 0 Å². The first-order valence-corrected chi connectivity index (χ1v) is 13.1. The molecule has 1 atom stereocenters. The van der Waals surface area contributed by atoms with Crippen LogP contribution in [0, 0.1) is 5.92 Å². The van der Waals surface area contributed by atoms with Crippen LogP contribution >= 0.6 is 11.8 Å². The average molecular weight is 479 g/mol. The normalized spacial score (nSPS) is 16.4. The van der Waals surface area contributed by atoms with E-state index in [4.69, 9.17) is 9.47 Å². The van der Waals surface area contributed by atoms with Crippen LogP contribution < -0.4 is 14.8 Å². The summed E-state index contributed by atoms with van der Waals surface area (Å²) in [7, 11) is -0.378. The molecule has 1 aliphatic heterocycles. The molecule has 1 amide bonds. The largest absolute Gasteiger partial charge is 0.497 e. The Labute approximate surface area is 194 Å². The topological polar surface area (TPSA) is 84.9 Å². The lowest BCUT2D eigenvalue weighted by atomic mass is 9.96. The third kappa shape index (κ3) is 5.39. The van der Waals surface area contributed by atoms with E-state index in [0.717, 1.165) is 10.5 Å². The van der Waals surface area contributed by atoms with Gasteiger partial charge in [0.25, 0.3) is 0 Å². The minimum absolute atomic E-state index is 0.0799. The maximum atomic E-state index is 12.9. The van der Waals surface area contributed by atoms with Crippen LogP contribution in [0.4, 0.5) is 0 Å². The van der Waals surface area contributed by atoms with Gasteiger partial charge in [0.05, 0.1) is 25.2 Å². The van der Waals surface area contributed by atoms with Crippen molar-refractivity contribution in [3.63, 3.8) is 0 Å². The lowest BCUT2D eigenvalue weighted by molar-refractivity contribution is -0.126. The standard InChI is InChI=1S/C23H30N2O5S2/c1-16(21-15-18(29-2)5-10-22(21)30-3)24-23(26)17-11-13-25(14-12-17)32(27,28)20-8-6-19(31-4)7-9-20/h5-10,15-17H,11-14H2,1-4H3,(H,24,26). The Hall–Kier alpha value is -2.23. The molecule has 1 heterocycles. The van der Waals surface area contributed by atoms with Crippen LogP contribution in [0.1, 0.15) is 31.4 Å². The lowest BCUT2D eigenvalue weighted by Crippen LogP contribution is -2.43. The van der Waals surface area contributed by atoms with Crippen molar-refractivity contribution in [1.82, 2.24) is 9.62 Å². The molecule has 1 saturated heterocycles. The fourth-order valence-electron chi connectivity index (χ4n) is 3.84. The second kappa shape index (κ2) is 10.6. The minimum Gasteiger partial charge on any atom is -0.497 e. The molecule has 1 unspecified atom stereocenters. The number of carbonyl (C=O) groups is 1. The van der Waals surface area contributed by atoms with Crippen molar-refractivity contribution in [3.8, 4) is 11.5 Å². The van der Waals surface area contributed by atoms with Gasteiger partial charge >= 0.3 is 0 Å². The van der Waals surface area contributed by atoms with E-state index in [1.165, 1.54) is 4.31 Å². The molecular formula is C23H30N2O5S2. The fraction of sp³-hybridized carbons (Fsp3) is 0.435. The van der Waals surface area contributed by atoms with Gasteiger partial charge in [-0.2, -0.15) is 4.31 Å². The first-order valence-electron chi connectivity index (χ1n) is 10.5. The van der Waals surface area contributed by atoms with E-state index in [9.17, 15) is 13.2 Å². The number of ether oxygens (including phenoxy) is 2. The van der Waals surface area contributed by atoms with Crippen molar-refractivity contribution in [3.05, 3.63) is 48.0 Å². The second-order valence-electron chi connectivity index (χ2n) is 7.69. The Morgan fingerprint density at radius 2 is 1.75 bits per heavy atom. The van der Waals surface area contributed by atoms with E-state index in [-0.39, 0.29) is 22.8 Å². The van der Waals surface area contributed by atoms with Gasteiger partial charge in [-0.25, -0.2) is 8.42 Å². The van der Waals surface area contributed by atoms with E-state index >= 15 is 0 Å². The van der Waals surface area contributed by atoms with Gasteiger partial charge in [0.1, 0.15) is 11.5 Å². The maximum Gasteiger partial charge on any atom is 0.243 e. The molecule has 1 N–H and O–H groups in total. The fourth-order valence-corrected chi connectivity index (χ4v) is 5.72. The molecule has 2 aromatic carbocycles. The number of piperidine rings is 1. The predicted octanol–water partition coefficient (Wildman–Crippen LogP) is 3.70. The second-order valence-corrected chi connectivity index (χ2v) is 10.5. The van der Waals surface area contributed by atoms with Gasteiger partial charge < -0.3 is 14.8 Å². The van der Waals surface area contributed by atoms with Crippen LogP contribution in [-0.2, 0) is 14.8 Å². The Morgan fingerprint density at radius 3 is 2.31 bits per heavy atom. The molecular weight excluding hydrogens is 448 g/mol. The Kier molecular flexibility index (Phi) is 8.08. The zero-order chi connectivity index (χ0) is 23.3. The number of hydrogen-bond acceptors (Lipinski definition) is 6. The number of sulfonamides is 1. The maximum absolute atomic E-state index is 12.9. The molecule has 1 aliphatic rings. The smallest absolute Gasteiger partial charge is 0.243 e. The summed E-state index contributed by atoms with van der Waals surface area (Å²) in [5, 5.41) is 3.05. The summed E-state index contributed by atoms with van der Waals surface area (Å²) in [5.74, 6) is 1.04. The highest BCUT2D eigenvalue weighted by Gasteiger charge is 2.32. The molecule has 0 saturated carbocycles. The summed E-state index contributed by atoms with van der Waals surface area (Å²) in [6, 6.07) is 12.1. The lowest BCUT2D eigenvalue weighted by Gasteiger charge is -2.31. The Balaban J connectivity index is 1.62. The number of hydrogen-bond donors (Lipinski definition) is 1. The van der Waals surface area contributed by atoms with E-state index < -0.39 is 10.0 Å². The van der Waals surface area contributed by atoms with Crippen molar-refractivity contribution in [1.29, 1.82) is 0 Å². The van der Waals surface area contributed by atoms with E-state index in [1.54, 1.807) is 38.1 Å². The predicted molar refractivity (Wildman–Crippen MR) is 126 cm³/mol. The molecule has 1 fully saturated rings. The zero-order valence-electron chi connectivity index (χ0n) is 18.8. The highest BCUT2D eigenvalue weighted by Crippen LogP contribution is 2.30. The summed E-state index contributed by atoms with van der Waals surface area (Å²) in [4.78, 5) is 14.2. The van der Waals surface area contributed by atoms with Crippen LogP contribution in [-0.4, -0.2) is 52.2 Å². The van der Waals surface area contributed by atoms with Gasteiger partial charge in [0.2, 0.25) is 15.9 Å². The molecule has 0 radical (unpaired) electrons. The highest BCUT2D eigenvalue weighted by molar-refractivity contribution is 7.98. The molecule has 0 aliphatic carbocycles. The molecule has 0 aromatic heterocycles. The number of rotatable bonds is 8. The molecule has 174 valence electrons. The van der Waals surface area contributed by atoms with Crippen molar-refractivity contribution < 1.29 is 22.7 Å². The van der Waals surface area contributed by atoms with Crippen LogP contribution in [0.3, 0.4) is 0 Å². The van der Waals surface area contributed by atoms with Crippen molar-refractivity contribution >= 4 is 27.7 Å². The first kappa shape index (κ1) is 24.4. The minimum atomic E-state index is -3.56. The van der Waals surface area contributed by atoms with Crippen LogP contribution in [0.2, 0.25) is 0 Å². The molecule has 0 bridgehead atoms. The monoisotopic (exact) mass is 478 g/mol. The van der Waals surface area contributed by atoms with Gasteiger partial charge in [-0.05, 0) is 68.5 Å². The summed E-state index contributed by atoms with van der Waals surface area (Å²) in [5.41, 5.74) is 0.828. The molecule has 2 aromatic rings. The average Bonchev–Trinajstić information content (AvgIpc) is 2.83. The quantitative estimate of drug-likeness (QED) is 0.583. The van der Waals surface area contributed by atoms with E-state index in [2.05, 4.69) is 5.32 Å². The van der Waals surface area contributed by atoms with E-state index in [0.29, 0.717) is 37.4 Å². The van der Waals surface area contributed by atoms with E-state index in [1.807, 2.05) is 43.5 Å². The summed E-state index contributed by atoms with van der Waals surface area (Å²) in [6.07, 6.45) is 2.91. The molecule has 7 nitrogen and oxygen atoms in total. The van der Waals surface area contributed by atoms with Gasteiger partial charge in [-0.3, -0.25) is 4.79 Å². The van der Waals surface area contributed by atoms with Gasteiger partial charge in [0.15, 0.2) is 0 Å². The van der Waals surface area contributed by atoms with Crippen molar-refractivity contribution in [2.45, 2.75) is 35.6 Å². The number of carbonyl (C=O) groups excluding carboxylic acids is 1. The van der Waals surface area contributed by atoms with Gasteiger partial charge in [-0.15, -0.1) is 11.8 Å². The van der Waals surface area contributed by atoms with Crippen molar-refractivity contribution in [2.24, 2.45) is 5.92 Å². The third-order valence-corrected chi connectivity index (χ3v) is 8.44. The summed E-state index contributed by atoms with van der Waals surface area (Å²) < 4.78 is 38.1. The molecule has 32 heavy (non-hydrogen) atoms.